The second kappa shape index (κ2) is 9.65. The minimum Gasteiger partial charge on any atom is -0.355 e. The molecule has 3 aromatic heterocycles. The second-order valence-electron chi connectivity index (χ2n) is 7.92. The molecule has 4 rings (SSSR count). The summed E-state index contributed by atoms with van der Waals surface area (Å²) in [6, 6.07) is 7.25. The van der Waals surface area contributed by atoms with Crippen LogP contribution in [0.2, 0.25) is 0 Å². The third kappa shape index (κ3) is 5.45. The summed E-state index contributed by atoms with van der Waals surface area (Å²) in [6.45, 7) is -0.460. The Morgan fingerprint density at radius 1 is 1.11 bits per heavy atom. The Kier molecular flexibility index (Phi) is 6.73. The van der Waals surface area contributed by atoms with Gasteiger partial charge < -0.3 is 15.2 Å². The largest absolute Gasteiger partial charge is 0.431 e. The number of fused-ring (bicyclic) bond motifs is 1. The fourth-order valence-electron chi connectivity index (χ4n) is 3.51. The van der Waals surface area contributed by atoms with E-state index in [2.05, 4.69) is 30.6 Å². The Hall–Kier alpha value is -4.27. The highest BCUT2D eigenvalue weighted by Crippen LogP contribution is 2.35. The predicted molar refractivity (Wildman–Crippen MR) is 130 cm³/mol. The average molecular weight is 535 g/mol. The lowest BCUT2D eigenvalue weighted by atomic mass is 10.2. The summed E-state index contributed by atoms with van der Waals surface area (Å²) in [5, 5.41) is 5.53. The van der Waals surface area contributed by atoms with Crippen LogP contribution in [0.25, 0.3) is 11.0 Å². The van der Waals surface area contributed by atoms with Crippen LogP contribution in [0, 0.1) is 0 Å². The Morgan fingerprint density at radius 3 is 2.41 bits per heavy atom. The topological polar surface area (TPSA) is 135 Å². The zero-order valence-corrected chi connectivity index (χ0v) is 20.6. The fourth-order valence-corrected chi connectivity index (χ4v) is 3.98. The van der Waals surface area contributed by atoms with Gasteiger partial charge in [-0.05, 0) is 30.3 Å². The van der Waals surface area contributed by atoms with Gasteiger partial charge in [-0.3, -0.25) is 14.1 Å². The van der Waals surface area contributed by atoms with Crippen molar-refractivity contribution in [3.63, 3.8) is 0 Å². The minimum absolute atomic E-state index is 0.00339. The molecule has 0 spiro atoms. The van der Waals surface area contributed by atoms with Crippen LogP contribution in [0.4, 0.5) is 30.6 Å². The van der Waals surface area contributed by atoms with Gasteiger partial charge in [-0.15, -0.1) is 0 Å². The number of benzene rings is 1. The molecule has 1 aromatic carbocycles. The lowest BCUT2D eigenvalue weighted by Crippen LogP contribution is -2.28. The molecule has 1 amide bonds. The number of nitrogens with one attached hydrogen (secondary N) is 2. The van der Waals surface area contributed by atoms with Crippen LogP contribution in [0.3, 0.4) is 0 Å². The molecule has 0 fully saturated rings. The van der Waals surface area contributed by atoms with Gasteiger partial charge in [0, 0.05) is 49.3 Å². The summed E-state index contributed by atoms with van der Waals surface area (Å²) in [6.07, 6.45) is -0.0362. The zero-order chi connectivity index (χ0) is 27.0. The molecule has 0 saturated heterocycles. The van der Waals surface area contributed by atoms with Gasteiger partial charge in [-0.2, -0.15) is 18.2 Å². The normalized spacial score (nSPS) is 11.9. The van der Waals surface area contributed by atoms with Crippen LogP contribution >= 0.6 is 0 Å². The van der Waals surface area contributed by atoms with E-state index in [4.69, 9.17) is 0 Å². The molecule has 4 aromatic rings. The first kappa shape index (κ1) is 25.8. The lowest BCUT2D eigenvalue weighted by Gasteiger charge is -2.19. The highest BCUT2D eigenvalue weighted by molar-refractivity contribution is 7.92. The van der Waals surface area contributed by atoms with Gasteiger partial charge in [0.2, 0.25) is 16.0 Å². The molecule has 37 heavy (non-hydrogen) atoms. The summed E-state index contributed by atoms with van der Waals surface area (Å²) >= 11 is 0. The number of amides is 1. The van der Waals surface area contributed by atoms with E-state index in [9.17, 15) is 26.4 Å². The standard InChI is InChI=1S/C22H21F3N8O3S/c1-26-20(34)13-4-6-15(7-5-13)30-21-29-11-14-10-17(22(23,24)25)33(18(14)31-21)12-16-19(28-9-8-27-16)32(2)37(3,35)36/h4-11H,12H2,1-3H3,(H,26,34)(H,29,30,31). The second-order valence-corrected chi connectivity index (χ2v) is 9.94. The Labute approximate surface area is 209 Å². The maximum Gasteiger partial charge on any atom is 0.431 e. The van der Waals surface area contributed by atoms with Crippen molar-refractivity contribution in [1.82, 2.24) is 29.8 Å². The summed E-state index contributed by atoms with van der Waals surface area (Å²) in [4.78, 5) is 28.2. The van der Waals surface area contributed by atoms with E-state index in [0.717, 1.165) is 21.2 Å². The summed E-state index contributed by atoms with van der Waals surface area (Å²) in [5.74, 6) is -0.365. The molecule has 0 aliphatic rings. The molecule has 0 radical (unpaired) electrons. The van der Waals surface area contributed by atoms with Gasteiger partial charge in [0.15, 0.2) is 5.82 Å². The minimum atomic E-state index is -4.74. The van der Waals surface area contributed by atoms with E-state index >= 15 is 0 Å². The molecule has 0 aliphatic carbocycles. The van der Waals surface area contributed by atoms with Gasteiger partial charge in [-0.1, -0.05) is 0 Å². The van der Waals surface area contributed by atoms with Crippen molar-refractivity contribution in [3.05, 3.63) is 65.9 Å². The highest BCUT2D eigenvalue weighted by atomic mass is 32.2. The van der Waals surface area contributed by atoms with Gasteiger partial charge in [0.25, 0.3) is 5.91 Å². The van der Waals surface area contributed by atoms with Crippen LogP contribution in [0.1, 0.15) is 21.7 Å². The van der Waals surface area contributed by atoms with Crippen LogP contribution in [-0.2, 0) is 22.7 Å². The number of hydrogen-bond donors (Lipinski definition) is 2. The van der Waals surface area contributed by atoms with E-state index in [1.165, 1.54) is 32.7 Å². The van der Waals surface area contributed by atoms with E-state index < -0.39 is 28.4 Å². The van der Waals surface area contributed by atoms with Gasteiger partial charge in [0.05, 0.1) is 12.8 Å². The average Bonchev–Trinajstić information content (AvgIpc) is 3.21. The number of carbonyl (C=O) groups excluding carboxylic acids is 1. The first-order chi connectivity index (χ1) is 17.4. The molecule has 11 nitrogen and oxygen atoms in total. The van der Waals surface area contributed by atoms with Crippen LogP contribution in [0.5, 0.6) is 0 Å². The number of sulfonamides is 1. The Bertz CT molecular complexity index is 1570. The Morgan fingerprint density at radius 2 is 1.78 bits per heavy atom. The number of alkyl halides is 3. The van der Waals surface area contributed by atoms with E-state index in [1.807, 2.05) is 0 Å². The zero-order valence-electron chi connectivity index (χ0n) is 19.8. The number of carbonyl (C=O) groups is 1. The number of anilines is 3. The highest BCUT2D eigenvalue weighted by Gasteiger charge is 2.36. The van der Waals surface area contributed by atoms with E-state index in [-0.39, 0.29) is 34.4 Å². The van der Waals surface area contributed by atoms with Crippen LogP contribution < -0.4 is 14.9 Å². The van der Waals surface area contributed by atoms with Crippen molar-refractivity contribution >= 4 is 44.4 Å². The Balaban J connectivity index is 1.76. The molecular weight excluding hydrogens is 513 g/mol. The van der Waals surface area contributed by atoms with Crippen molar-refractivity contribution in [3.8, 4) is 0 Å². The number of aromatic nitrogens is 5. The third-order valence-corrected chi connectivity index (χ3v) is 6.58. The van der Waals surface area contributed by atoms with Crippen LogP contribution in [0.15, 0.2) is 48.9 Å². The molecule has 0 aliphatic heterocycles. The number of rotatable bonds is 7. The van der Waals surface area contributed by atoms with Gasteiger partial charge in [0.1, 0.15) is 17.0 Å². The molecule has 15 heteroatoms. The summed E-state index contributed by atoms with van der Waals surface area (Å²) in [5.41, 5.74) is -0.136. The monoisotopic (exact) mass is 534 g/mol. The van der Waals surface area contributed by atoms with Gasteiger partial charge >= 0.3 is 6.18 Å². The van der Waals surface area contributed by atoms with Crippen LogP contribution in [-0.4, -0.2) is 59.2 Å². The van der Waals surface area contributed by atoms with Crippen molar-refractivity contribution in [1.29, 1.82) is 0 Å². The van der Waals surface area contributed by atoms with Gasteiger partial charge in [-0.25, -0.2) is 18.4 Å². The molecule has 194 valence electrons. The summed E-state index contributed by atoms with van der Waals surface area (Å²) < 4.78 is 67.7. The summed E-state index contributed by atoms with van der Waals surface area (Å²) in [7, 11) is -1.01. The molecule has 2 N–H and O–H groups in total. The first-order valence-electron chi connectivity index (χ1n) is 10.6. The number of halogens is 3. The molecule has 0 unspecified atom stereocenters. The number of hydrogen-bond acceptors (Lipinski definition) is 8. The maximum atomic E-state index is 14.0. The maximum absolute atomic E-state index is 14.0. The van der Waals surface area contributed by atoms with Crippen molar-refractivity contribution in [2.75, 3.05) is 30.0 Å². The lowest BCUT2D eigenvalue weighted by molar-refractivity contribution is -0.143. The van der Waals surface area contributed by atoms with Crippen molar-refractivity contribution in [2.24, 2.45) is 0 Å². The number of nitrogens with zero attached hydrogens (tertiary/aromatic N) is 6. The molecule has 0 bridgehead atoms. The quantitative estimate of drug-likeness (QED) is 0.370. The fraction of sp³-hybridized carbons (Fsp3) is 0.227. The van der Waals surface area contributed by atoms with E-state index in [1.54, 1.807) is 24.3 Å². The third-order valence-electron chi connectivity index (χ3n) is 5.41. The van der Waals surface area contributed by atoms with Crippen molar-refractivity contribution in [2.45, 2.75) is 12.7 Å². The van der Waals surface area contributed by atoms with E-state index in [0.29, 0.717) is 11.3 Å². The first-order valence-corrected chi connectivity index (χ1v) is 12.5. The van der Waals surface area contributed by atoms with Crippen molar-refractivity contribution < 1.29 is 26.4 Å². The SMILES string of the molecule is CNC(=O)c1ccc(Nc2ncc3cc(C(F)(F)F)n(Cc4nccnc4N(C)S(C)(=O)=O)c3n2)cc1. The molecule has 0 saturated carbocycles. The molecule has 3 heterocycles. The molecule has 0 atom stereocenters. The molecular formula is C22H21F3N8O3S. The predicted octanol–water partition coefficient (Wildman–Crippen LogP) is 2.79. The smallest absolute Gasteiger partial charge is 0.355 e.